The lowest BCUT2D eigenvalue weighted by Crippen LogP contribution is -2.38. The summed E-state index contributed by atoms with van der Waals surface area (Å²) < 4.78 is 52.3. The van der Waals surface area contributed by atoms with Gasteiger partial charge in [0.2, 0.25) is 0 Å². The fraction of sp³-hybridized carbons (Fsp3) is 0.412. The van der Waals surface area contributed by atoms with Crippen LogP contribution in [0.25, 0.3) is 0 Å². The molecule has 0 saturated carbocycles. The van der Waals surface area contributed by atoms with E-state index in [9.17, 15) is 17.6 Å². The molecule has 2 aromatic rings. The second kappa shape index (κ2) is 10.8. The fourth-order valence-electron chi connectivity index (χ4n) is 2.26. The van der Waals surface area contributed by atoms with E-state index < -0.39 is 17.6 Å². The molecule has 1 aromatic carbocycles. The van der Waals surface area contributed by atoms with Gasteiger partial charge in [-0.2, -0.15) is 13.2 Å². The summed E-state index contributed by atoms with van der Waals surface area (Å²) in [6, 6.07) is 2.62. The highest BCUT2D eigenvalue weighted by Crippen LogP contribution is 2.32. The van der Waals surface area contributed by atoms with Crippen LogP contribution in [0, 0.1) is 12.7 Å². The van der Waals surface area contributed by atoms with Gasteiger partial charge in [0.25, 0.3) is 0 Å². The summed E-state index contributed by atoms with van der Waals surface area (Å²) in [5.41, 5.74) is -1.08. The molecule has 0 saturated heterocycles. The number of rotatable bonds is 6. The topological polar surface area (TPSA) is 49.3 Å². The minimum Gasteiger partial charge on any atom is -0.357 e. The Morgan fingerprint density at radius 3 is 2.59 bits per heavy atom. The molecular formula is C17H21F4IN4S. The molecule has 2 rings (SSSR count). The number of thiazole rings is 1. The minimum absolute atomic E-state index is 0. The molecule has 0 aliphatic heterocycles. The van der Waals surface area contributed by atoms with Crippen LogP contribution in [-0.4, -0.2) is 24.0 Å². The first kappa shape index (κ1) is 23.6. The third kappa shape index (κ3) is 7.60. The van der Waals surface area contributed by atoms with Crippen molar-refractivity contribution in [2.24, 2.45) is 4.99 Å². The molecule has 0 unspecified atom stereocenters. The Balaban J connectivity index is 0.00000364. The molecule has 0 bridgehead atoms. The van der Waals surface area contributed by atoms with Crippen LogP contribution in [0.4, 0.5) is 17.6 Å². The second-order valence-corrected chi connectivity index (χ2v) is 6.86. The van der Waals surface area contributed by atoms with E-state index in [0.717, 1.165) is 22.0 Å². The normalized spacial score (nSPS) is 11.9. The van der Waals surface area contributed by atoms with Crippen LogP contribution >= 0.6 is 35.3 Å². The van der Waals surface area contributed by atoms with Crippen molar-refractivity contribution in [2.45, 2.75) is 33.0 Å². The number of hydrogen-bond acceptors (Lipinski definition) is 3. The predicted octanol–water partition coefficient (Wildman–Crippen LogP) is 4.53. The number of aliphatic imine (C=N–C) groups is 1. The number of benzene rings is 1. The van der Waals surface area contributed by atoms with Crippen LogP contribution in [0.5, 0.6) is 0 Å². The molecule has 0 aliphatic carbocycles. The zero-order valence-corrected chi connectivity index (χ0v) is 18.0. The summed E-state index contributed by atoms with van der Waals surface area (Å²) in [5.74, 6) is -0.521. The number of hydrogen-bond donors (Lipinski definition) is 2. The lowest BCUT2D eigenvalue weighted by Gasteiger charge is -2.13. The van der Waals surface area contributed by atoms with Crippen LogP contribution in [-0.2, 0) is 19.1 Å². The van der Waals surface area contributed by atoms with E-state index in [0.29, 0.717) is 31.5 Å². The van der Waals surface area contributed by atoms with Crippen molar-refractivity contribution in [3.8, 4) is 0 Å². The quantitative estimate of drug-likeness (QED) is 0.257. The summed E-state index contributed by atoms with van der Waals surface area (Å²) in [5, 5.41) is 7.02. The van der Waals surface area contributed by atoms with E-state index in [-0.39, 0.29) is 36.1 Å². The van der Waals surface area contributed by atoms with Gasteiger partial charge in [0.05, 0.1) is 17.1 Å². The third-order valence-electron chi connectivity index (χ3n) is 3.43. The minimum atomic E-state index is -4.62. The highest BCUT2D eigenvalue weighted by molar-refractivity contribution is 14.0. The molecule has 2 N–H and O–H groups in total. The number of aryl methyl sites for hydroxylation is 1. The van der Waals surface area contributed by atoms with E-state index in [1.165, 1.54) is 0 Å². The number of nitrogens with zero attached hydrogens (tertiary/aromatic N) is 2. The first-order chi connectivity index (χ1) is 12.3. The van der Waals surface area contributed by atoms with Crippen molar-refractivity contribution in [1.82, 2.24) is 15.6 Å². The SMILES string of the molecule is CCNC(=NCc1ccc(F)cc1C(F)(F)F)NCCc1ncc(C)s1.I. The molecule has 0 radical (unpaired) electrons. The standard InChI is InChI=1S/C17H20F4N4S.HI/c1-3-22-16(23-7-6-15-24-9-11(2)26-15)25-10-12-4-5-13(18)8-14(12)17(19,20)21;/h4-5,8-9H,3,6-7,10H2,1-2H3,(H2,22,23,25);1H. The first-order valence-corrected chi connectivity index (χ1v) is 8.90. The predicted molar refractivity (Wildman–Crippen MR) is 110 cm³/mol. The lowest BCUT2D eigenvalue weighted by atomic mass is 10.1. The average molecular weight is 516 g/mol. The Kier molecular flexibility index (Phi) is 9.43. The summed E-state index contributed by atoms with van der Waals surface area (Å²) in [4.78, 5) is 9.56. The van der Waals surface area contributed by atoms with Gasteiger partial charge in [-0.05, 0) is 31.5 Å². The molecule has 0 fully saturated rings. The molecule has 0 amide bonds. The van der Waals surface area contributed by atoms with Crippen LogP contribution in [0.3, 0.4) is 0 Å². The molecule has 4 nitrogen and oxygen atoms in total. The maximum Gasteiger partial charge on any atom is 0.416 e. The molecule has 27 heavy (non-hydrogen) atoms. The third-order valence-corrected chi connectivity index (χ3v) is 4.40. The molecule has 10 heteroatoms. The van der Waals surface area contributed by atoms with Crippen molar-refractivity contribution in [3.05, 3.63) is 51.2 Å². The van der Waals surface area contributed by atoms with Gasteiger partial charge in [0.1, 0.15) is 5.82 Å². The molecule has 1 heterocycles. The van der Waals surface area contributed by atoms with Crippen molar-refractivity contribution >= 4 is 41.3 Å². The number of aromatic nitrogens is 1. The maximum absolute atomic E-state index is 13.2. The number of nitrogens with one attached hydrogen (secondary N) is 2. The molecule has 0 spiro atoms. The summed E-state index contributed by atoms with van der Waals surface area (Å²) in [6.07, 6.45) is -2.14. The Hall–Kier alpha value is -1.43. The maximum atomic E-state index is 13.2. The van der Waals surface area contributed by atoms with Crippen molar-refractivity contribution in [3.63, 3.8) is 0 Å². The zero-order chi connectivity index (χ0) is 19.2. The van der Waals surface area contributed by atoms with E-state index in [1.807, 2.05) is 13.8 Å². The van der Waals surface area contributed by atoms with Crippen LogP contribution < -0.4 is 10.6 Å². The van der Waals surface area contributed by atoms with E-state index >= 15 is 0 Å². The Bertz CT molecular complexity index is 762. The van der Waals surface area contributed by atoms with Gasteiger partial charge in [0.15, 0.2) is 5.96 Å². The molecule has 1 aromatic heterocycles. The summed E-state index contributed by atoms with van der Waals surface area (Å²) in [7, 11) is 0. The summed E-state index contributed by atoms with van der Waals surface area (Å²) >= 11 is 1.60. The van der Waals surface area contributed by atoms with Gasteiger partial charge in [0, 0.05) is 30.6 Å². The summed E-state index contributed by atoms with van der Waals surface area (Å²) in [6.45, 7) is 4.74. The first-order valence-electron chi connectivity index (χ1n) is 8.08. The highest BCUT2D eigenvalue weighted by atomic mass is 127. The Morgan fingerprint density at radius 1 is 1.26 bits per heavy atom. The van der Waals surface area contributed by atoms with Crippen LogP contribution in [0.15, 0.2) is 29.4 Å². The number of guanidine groups is 1. The smallest absolute Gasteiger partial charge is 0.357 e. The van der Waals surface area contributed by atoms with Gasteiger partial charge >= 0.3 is 6.18 Å². The lowest BCUT2D eigenvalue weighted by molar-refractivity contribution is -0.138. The van der Waals surface area contributed by atoms with Gasteiger partial charge in [-0.3, -0.25) is 0 Å². The second-order valence-electron chi connectivity index (χ2n) is 5.54. The van der Waals surface area contributed by atoms with Crippen LogP contribution in [0.2, 0.25) is 0 Å². The number of halogens is 5. The van der Waals surface area contributed by atoms with E-state index in [2.05, 4.69) is 20.6 Å². The Morgan fingerprint density at radius 2 is 2.00 bits per heavy atom. The molecular weight excluding hydrogens is 495 g/mol. The van der Waals surface area contributed by atoms with Crippen molar-refractivity contribution < 1.29 is 17.6 Å². The average Bonchev–Trinajstić information content (AvgIpc) is 2.98. The van der Waals surface area contributed by atoms with Crippen molar-refractivity contribution in [2.75, 3.05) is 13.1 Å². The molecule has 0 atom stereocenters. The van der Waals surface area contributed by atoms with Gasteiger partial charge in [-0.15, -0.1) is 35.3 Å². The zero-order valence-electron chi connectivity index (χ0n) is 14.9. The van der Waals surface area contributed by atoms with Gasteiger partial charge in [-0.25, -0.2) is 14.4 Å². The largest absolute Gasteiger partial charge is 0.416 e. The van der Waals surface area contributed by atoms with Gasteiger partial charge in [-0.1, -0.05) is 6.07 Å². The van der Waals surface area contributed by atoms with Crippen molar-refractivity contribution in [1.29, 1.82) is 0 Å². The Labute approximate surface area is 176 Å². The monoisotopic (exact) mass is 516 g/mol. The van der Waals surface area contributed by atoms with E-state index in [1.54, 1.807) is 17.5 Å². The van der Waals surface area contributed by atoms with Gasteiger partial charge < -0.3 is 10.6 Å². The number of alkyl halides is 3. The van der Waals surface area contributed by atoms with Crippen LogP contribution in [0.1, 0.15) is 27.9 Å². The molecule has 150 valence electrons. The fourth-order valence-corrected chi connectivity index (χ4v) is 3.05. The molecule has 0 aliphatic rings. The highest BCUT2D eigenvalue weighted by Gasteiger charge is 2.33. The van der Waals surface area contributed by atoms with E-state index in [4.69, 9.17) is 0 Å².